The van der Waals surface area contributed by atoms with Gasteiger partial charge in [0.1, 0.15) is 0 Å². The van der Waals surface area contributed by atoms with E-state index in [2.05, 4.69) is 10.3 Å². The highest BCUT2D eigenvalue weighted by Crippen LogP contribution is 2.46. The van der Waals surface area contributed by atoms with Gasteiger partial charge >= 0.3 is 0 Å². The number of carbonyl (C=O) groups is 2. The first-order chi connectivity index (χ1) is 19.3. The number of rotatable bonds is 10. The van der Waals surface area contributed by atoms with Gasteiger partial charge in [0.2, 0.25) is 5.91 Å². The summed E-state index contributed by atoms with van der Waals surface area (Å²) in [6.45, 7) is 3.43. The number of hydrogen-bond acceptors (Lipinski definition) is 6. The lowest BCUT2D eigenvalue weighted by Crippen LogP contribution is -2.44. The first-order valence-electron chi connectivity index (χ1n) is 13.7. The molecule has 0 saturated carbocycles. The highest BCUT2D eigenvalue weighted by Gasteiger charge is 2.52. The number of piperidine rings is 1. The zero-order valence-electron chi connectivity index (χ0n) is 22.5. The summed E-state index contributed by atoms with van der Waals surface area (Å²) in [6.07, 6.45) is 9.16. The molecule has 1 fully saturated rings. The second-order valence-electron chi connectivity index (χ2n) is 10.4. The molecule has 3 aromatic rings. The number of carbonyl (C=O) groups excluding carboxylic acids is 2. The number of halogens is 1. The van der Waals surface area contributed by atoms with Crippen LogP contribution in [0.3, 0.4) is 0 Å². The van der Waals surface area contributed by atoms with Gasteiger partial charge in [-0.05, 0) is 55.2 Å². The zero-order chi connectivity index (χ0) is 28.3. The monoisotopic (exact) mass is 563 g/mol. The SMILES string of the molecule is C[C@@H](/C=C/CCn1cc(CCO)nn1)[C@]1(O)C(=O)N(Cc2ccc(N3CCCCC3=O)cc2)c2ccc(Cl)cc21. The molecule has 0 aliphatic carbocycles. The molecule has 210 valence electrons. The summed E-state index contributed by atoms with van der Waals surface area (Å²) in [7, 11) is 0. The van der Waals surface area contributed by atoms with E-state index in [1.807, 2.05) is 48.2 Å². The lowest BCUT2D eigenvalue weighted by atomic mass is 9.83. The number of amides is 2. The van der Waals surface area contributed by atoms with Crippen molar-refractivity contribution in [1.82, 2.24) is 15.0 Å². The quantitative estimate of drug-likeness (QED) is 0.361. The Balaban J connectivity index is 1.31. The maximum atomic E-state index is 13.8. The first-order valence-corrected chi connectivity index (χ1v) is 14.1. The zero-order valence-corrected chi connectivity index (χ0v) is 23.3. The fraction of sp³-hybridized carbons (Fsp3) is 0.400. The van der Waals surface area contributed by atoms with Crippen LogP contribution >= 0.6 is 11.6 Å². The van der Waals surface area contributed by atoms with Gasteiger partial charge in [-0.1, -0.05) is 48.0 Å². The number of aromatic nitrogens is 3. The molecule has 0 bridgehead atoms. The van der Waals surface area contributed by atoms with E-state index in [-0.39, 0.29) is 19.1 Å². The molecule has 0 radical (unpaired) electrons. The third kappa shape index (κ3) is 5.54. The number of aliphatic hydroxyl groups excluding tert-OH is 1. The van der Waals surface area contributed by atoms with Crippen LogP contribution in [0.4, 0.5) is 11.4 Å². The Morgan fingerprint density at radius 1 is 1.15 bits per heavy atom. The molecule has 2 atom stereocenters. The van der Waals surface area contributed by atoms with Crippen molar-refractivity contribution in [1.29, 1.82) is 0 Å². The van der Waals surface area contributed by atoms with E-state index in [1.54, 1.807) is 34.0 Å². The fourth-order valence-electron chi connectivity index (χ4n) is 5.44. The number of benzene rings is 2. The molecule has 1 aromatic heterocycles. The summed E-state index contributed by atoms with van der Waals surface area (Å²) in [5, 5.41) is 29.5. The number of hydrogen-bond donors (Lipinski definition) is 2. The smallest absolute Gasteiger partial charge is 0.264 e. The number of aryl methyl sites for hydroxylation is 1. The Hall–Kier alpha value is -3.53. The molecular weight excluding hydrogens is 530 g/mol. The van der Waals surface area contributed by atoms with Crippen LogP contribution < -0.4 is 9.80 Å². The fourth-order valence-corrected chi connectivity index (χ4v) is 5.61. The predicted octanol–water partition coefficient (Wildman–Crippen LogP) is 4.00. The maximum Gasteiger partial charge on any atom is 0.264 e. The Labute approximate surface area is 238 Å². The van der Waals surface area contributed by atoms with Crippen LogP contribution in [-0.2, 0) is 34.7 Å². The molecule has 2 N–H and O–H groups in total. The van der Waals surface area contributed by atoms with Crippen LogP contribution in [0, 0.1) is 5.92 Å². The third-order valence-corrected chi connectivity index (χ3v) is 7.94. The standard InChI is InChI=1S/C30H34ClN5O4/c1-21(6-2-4-15-34-20-24(14-17-37)32-33-34)30(40)26-18-23(31)10-13-27(26)36(29(30)39)19-22-8-11-25(12-9-22)35-16-5-3-7-28(35)38/h2,6,8-13,18,20-21,37,40H,3-5,7,14-17,19H2,1H3/b6-2+/t21-,30+/m0/s1. The minimum absolute atomic E-state index is 0.0240. The Morgan fingerprint density at radius 3 is 2.70 bits per heavy atom. The minimum Gasteiger partial charge on any atom is -0.396 e. The summed E-state index contributed by atoms with van der Waals surface area (Å²) >= 11 is 6.31. The molecule has 10 heteroatoms. The average Bonchev–Trinajstić information content (AvgIpc) is 3.49. The normalized spacial score (nSPS) is 20.0. The van der Waals surface area contributed by atoms with E-state index in [9.17, 15) is 14.7 Å². The van der Waals surface area contributed by atoms with Gasteiger partial charge in [0.05, 0.1) is 17.9 Å². The number of fused-ring (bicyclic) bond motifs is 1. The molecule has 2 aliphatic heterocycles. The second-order valence-corrected chi connectivity index (χ2v) is 10.9. The van der Waals surface area contributed by atoms with E-state index in [0.29, 0.717) is 42.1 Å². The van der Waals surface area contributed by atoms with Crippen molar-refractivity contribution in [2.75, 3.05) is 23.0 Å². The predicted molar refractivity (Wildman–Crippen MR) is 153 cm³/mol. The molecule has 2 aliphatic rings. The van der Waals surface area contributed by atoms with Crippen LogP contribution in [0.2, 0.25) is 5.02 Å². The molecule has 5 rings (SSSR count). The van der Waals surface area contributed by atoms with Gasteiger partial charge < -0.3 is 20.0 Å². The maximum absolute atomic E-state index is 13.8. The van der Waals surface area contributed by atoms with Crippen LogP contribution in [0.1, 0.15) is 49.4 Å². The van der Waals surface area contributed by atoms with Crippen LogP contribution in [0.5, 0.6) is 0 Å². The lowest BCUT2D eigenvalue weighted by Gasteiger charge is -2.28. The minimum atomic E-state index is -1.77. The molecule has 0 unspecified atom stereocenters. The topological polar surface area (TPSA) is 112 Å². The Kier molecular flexibility index (Phi) is 8.35. The largest absolute Gasteiger partial charge is 0.396 e. The van der Waals surface area contributed by atoms with Gasteiger partial charge in [0, 0.05) is 60.9 Å². The molecule has 0 spiro atoms. The van der Waals surface area contributed by atoms with Crippen LogP contribution in [0.25, 0.3) is 0 Å². The van der Waals surface area contributed by atoms with Crippen molar-refractivity contribution in [2.45, 2.75) is 57.7 Å². The Morgan fingerprint density at radius 2 is 1.95 bits per heavy atom. The lowest BCUT2D eigenvalue weighted by molar-refractivity contribution is -0.139. The second kappa shape index (κ2) is 11.9. The van der Waals surface area contributed by atoms with E-state index in [0.717, 1.165) is 36.3 Å². The van der Waals surface area contributed by atoms with E-state index >= 15 is 0 Å². The van der Waals surface area contributed by atoms with Crippen molar-refractivity contribution in [3.63, 3.8) is 0 Å². The van der Waals surface area contributed by atoms with E-state index in [4.69, 9.17) is 16.7 Å². The molecule has 2 aromatic carbocycles. The van der Waals surface area contributed by atoms with Crippen molar-refractivity contribution in [2.24, 2.45) is 5.92 Å². The van der Waals surface area contributed by atoms with Gasteiger partial charge in [-0.25, -0.2) is 0 Å². The number of anilines is 2. The van der Waals surface area contributed by atoms with Gasteiger partial charge in [0.15, 0.2) is 5.60 Å². The van der Waals surface area contributed by atoms with Gasteiger partial charge in [-0.2, -0.15) is 0 Å². The summed E-state index contributed by atoms with van der Waals surface area (Å²) in [6, 6.07) is 12.9. The summed E-state index contributed by atoms with van der Waals surface area (Å²) in [5.41, 5.74) is 1.84. The van der Waals surface area contributed by atoms with Crippen LogP contribution in [-0.4, -0.2) is 50.2 Å². The summed E-state index contributed by atoms with van der Waals surface area (Å²) in [5.74, 6) is -0.781. The first kappa shape index (κ1) is 28.0. The Bertz CT molecular complexity index is 1410. The number of allylic oxidation sites excluding steroid dienone is 1. The molecule has 9 nitrogen and oxygen atoms in total. The van der Waals surface area contributed by atoms with Gasteiger partial charge in [0.25, 0.3) is 5.91 Å². The van der Waals surface area contributed by atoms with Crippen LogP contribution in [0.15, 0.2) is 60.8 Å². The molecule has 3 heterocycles. The van der Waals surface area contributed by atoms with Gasteiger partial charge in [-0.3, -0.25) is 14.3 Å². The highest BCUT2D eigenvalue weighted by atomic mass is 35.5. The van der Waals surface area contributed by atoms with Crippen molar-refractivity contribution in [3.8, 4) is 0 Å². The highest BCUT2D eigenvalue weighted by molar-refractivity contribution is 6.31. The molecule has 40 heavy (non-hydrogen) atoms. The van der Waals surface area contributed by atoms with Crippen molar-refractivity contribution in [3.05, 3.63) is 82.7 Å². The average molecular weight is 564 g/mol. The number of nitrogens with zero attached hydrogens (tertiary/aromatic N) is 5. The molecular formula is C30H34ClN5O4. The summed E-state index contributed by atoms with van der Waals surface area (Å²) < 4.78 is 1.71. The van der Waals surface area contributed by atoms with Crippen molar-refractivity contribution >= 4 is 34.8 Å². The molecule has 2 amide bonds. The van der Waals surface area contributed by atoms with E-state index in [1.165, 1.54) is 0 Å². The third-order valence-electron chi connectivity index (χ3n) is 7.71. The van der Waals surface area contributed by atoms with E-state index < -0.39 is 17.4 Å². The van der Waals surface area contributed by atoms with Gasteiger partial charge in [-0.15, -0.1) is 5.10 Å². The number of aliphatic hydroxyl groups is 2. The van der Waals surface area contributed by atoms with Crippen molar-refractivity contribution < 1.29 is 19.8 Å². The molecule has 1 saturated heterocycles. The summed E-state index contributed by atoms with van der Waals surface area (Å²) in [4.78, 5) is 29.5.